The molecule has 110 valence electrons. The predicted molar refractivity (Wildman–Crippen MR) is 83.3 cm³/mol. The fraction of sp³-hybridized carbons (Fsp3) is 0.312. The van der Waals surface area contributed by atoms with Crippen molar-refractivity contribution in [2.45, 2.75) is 19.0 Å². The summed E-state index contributed by atoms with van der Waals surface area (Å²) in [6, 6.07) is 10.7. The second-order valence-electron chi connectivity index (χ2n) is 4.98. The monoisotopic (exact) mass is 304 g/mol. The van der Waals surface area contributed by atoms with Crippen LogP contribution >= 0.6 is 11.8 Å². The van der Waals surface area contributed by atoms with Gasteiger partial charge in [0.25, 0.3) is 0 Å². The van der Waals surface area contributed by atoms with Crippen LogP contribution in [0.5, 0.6) is 11.6 Å². The molecule has 1 N–H and O–H groups in total. The van der Waals surface area contributed by atoms with Gasteiger partial charge in [0.1, 0.15) is 0 Å². The molecule has 2 heterocycles. The summed E-state index contributed by atoms with van der Waals surface area (Å²) in [5.74, 6) is 2.63. The first kappa shape index (κ1) is 14.4. The van der Waals surface area contributed by atoms with E-state index in [4.69, 9.17) is 4.74 Å². The maximum atomic E-state index is 13.6. The normalized spacial score (nSPS) is 17.9. The standard InChI is InChI=1S/C16H17FN2OS/c17-14-3-1-2-4-15(14)20-16-9-12(5-7-18-16)10-19-13-6-8-21-11-13/h1-5,7,9,13,19H,6,8,10-11H2/t13-/m0/s1. The fourth-order valence-electron chi connectivity index (χ4n) is 2.21. The zero-order valence-corrected chi connectivity index (χ0v) is 12.4. The van der Waals surface area contributed by atoms with Gasteiger partial charge in [0.2, 0.25) is 5.88 Å². The number of hydrogen-bond donors (Lipinski definition) is 1. The smallest absolute Gasteiger partial charge is 0.219 e. The Bertz CT molecular complexity index is 602. The molecule has 0 saturated carbocycles. The SMILES string of the molecule is Fc1ccccc1Oc1cc(CN[C@H]2CCSC2)ccn1. The lowest BCUT2D eigenvalue weighted by atomic mass is 10.2. The van der Waals surface area contributed by atoms with E-state index in [-0.39, 0.29) is 11.6 Å². The topological polar surface area (TPSA) is 34.1 Å². The summed E-state index contributed by atoms with van der Waals surface area (Å²) in [6.07, 6.45) is 2.91. The molecule has 3 nitrogen and oxygen atoms in total. The van der Waals surface area contributed by atoms with Crippen LogP contribution in [0.25, 0.3) is 0 Å². The maximum absolute atomic E-state index is 13.6. The molecule has 1 aromatic heterocycles. The van der Waals surface area contributed by atoms with Gasteiger partial charge >= 0.3 is 0 Å². The first-order valence-electron chi connectivity index (χ1n) is 7.00. The lowest BCUT2D eigenvalue weighted by Crippen LogP contribution is -2.27. The number of nitrogens with zero attached hydrogens (tertiary/aromatic N) is 1. The second-order valence-corrected chi connectivity index (χ2v) is 6.13. The van der Waals surface area contributed by atoms with Gasteiger partial charge in [-0.15, -0.1) is 0 Å². The third-order valence-corrected chi connectivity index (χ3v) is 4.54. The molecule has 1 atom stereocenters. The van der Waals surface area contributed by atoms with Gasteiger partial charge in [-0.3, -0.25) is 0 Å². The molecule has 3 rings (SSSR count). The quantitative estimate of drug-likeness (QED) is 0.915. The first-order chi connectivity index (χ1) is 10.3. The molecular formula is C16H17FN2OS. The van der Waals surface area contributed by atoms with E-state index in [0.717, 1.165) is 12.1 Å². The van der Waals surface area contributed by atoms with Crippen LogP contribution in [0, 0.1) is 5.82 Å². The molecule has 0 aliphatic carbocycles. The predicted octanol–water partition coefficient (Wildman–Crippen LogP) is 3.61. The van der Waals surface area contributed by atoms with Crippen LogP contribution in [0.1, 0.15) is 12.0 Å². The van der Waals surface area contributed by atoms with Gasteiger partial charge < -0.3 is 10.1 Å². The highest BCUT2D eigenvalue weighted by Gasteiger charge is 2.14. The van der Waals surface area contributed by atoms with Gasteiger partial charge in [0.05, 0.1) is 0 Å². The van der Waals surface area contributed by atoms with Crippen molar-refractivity contribution in [1.29, 1.82) is 0 Å². The van der Waals surface area contributed by atoms with Crippen molar-refractivity contribution < 1.29 is 9.13 Å². The Kier molecular flexibility index (Phi) is 4.72. The van der Waals surface area contributed by atoms with E-state index in [2.05, 4.69) is 10.3 Å². The largest absolute Gasteiger partial charge is 0.436 e. The number of benzene rings is 1. The zero-order valence-electron chi connectivity index (χ0n) is 11.6. The minimum atomic E-state index is -0.384. The molecule has 5 heteroatoms. The van der Waals surface area contributed by atoms with E-state index >= 15 is 0 Å². The molecule has 1 saturated heterocycles. The molecule has 1 fully saturated rings. The van der Waals surface area contributed by atoms with Gasteiger partial charge in [-0.25, -0.2) is 9.37 Å². The van der Waals surface area contributed by atoms with Crippen molar-refractivity contribution in [1.82, 2.24) is 10.3 Å². The number of halogens is 1. The number of rotatable bonds is 5. The molecule has 0 unspecified atom stereocenters. The molecule has 0 amide bonds. The number of nitrogens with one attached hydrogen (secondary N) is 1. The van der Waals surface area contributed by atoms with Crippen LogP contribution in [-0.4, -0.2) is 22.5 Å². The Morgan fingerprint density at radius 3 is 3.05 bits per heavy atom. The number of pyridine rings is 1. The van der Waals surface area contributed by atoms with Crippen molar-refractivity contribution in [3.05, 3.63) is 54.0 Å². The second kappa shape index (κ2) is 6.91. The summed E-state index contributed by atoms with van der Waals surface area (Å²) < 4.78 is 19.1. The Morgan fingerprint density at radius 1 is 1.33 bits per heavy atom. The molecular weight excluding hydrogens is 287 g/mol. The van der Waals surface area contributed by atoms with E-state index in [1.165, 1.54) is 24.0 Å². The molecule has 0 radical (unpaired) electrons. The fourth-order valence-corrected chi connectivity index (χ4v) is 3.40. The maximum Gasteiger partial charge on any atom is 0.219 e. The number of para-hydroxylation sites is 1. The molecule has 21 heavy (non-hydrogen) atoms. The highest BCUT2D eigenvalue weighted by Crippen LogP contribution is 2.23. The lowest BCUT2D eigenvalue weighted by Gasteiger charge is -2.12. The molecule has 1 aliphatic rings. The van der Waals surface area contributed by atoms with Crippen molar-refractivity contribution in [3.63, 3.8) is 0 Å². The summed E-state index contributed by atoms with van der Waals surface area (Å²) in [7, 11) is 0. The molecule has 0 spiro atoms. The Morgan fingerprint density at radius 2 is 2.24 bits per heavy atom. The first-order valence-corrected chi connectivity index (χ1v) is 8.15. The highest BCUT2D eigenvalue weighted by atomic mass is 32.2. The van der Waals surface area contributed by atoms with Gasteiger partial charge in [0.15, 0.2) is 11.6 Å². The minimum absolute atomic E-state index is 0.197. The summed E-state index contributed by atoms with van der Waals surface area (Å²) in [5, 5.41) is 3.52. The van der Waals surface area contributed by atoms with Crippen LogP contribution in [0.2, 0.25) is 0 Å². The van der Waals surface area contributed by atoms with Crippen molar-refractivity contribution in [2.75, 3.05) is 11.5 Å². The van der Waals surface area contributed by atoms with Gasteiger partial charge in [0, 0.05) is 30.6 Å². The third kappa shape index (κ3) is 3.95. The number of ether oxygens (including phenoxy) is 1. The molecule has 0 bridgehead atoms. The van der Waals surface area contributed by atoms with Crippen LogP contribution < -0.4 is 10.1 Å². The van der Waals surface area contributed by atoms with Crippen LogP contribution in [0.3, 0.4) is 0 Å². The van der Waals surface area contributed by atoms with Crippen molar-refractivity contribution in [2.24, 2.45) is 0 Å². The molecule has 1 aromatic carbocycles. The van der Waals surface area contributed by atoms with Gasteiger partial charge in [-0.2, -0.15) is 11.8 Å². The number of aromatic nitrogens is 1. The summed E-state index contributed by atoms with van der Waals surface area (Å²) >= 11 is 1.98. The van der Waals surface area contributed by atoms with Gasteiger partial charge in [-0.05, 0) is 35.9 Å². The average molecular weight is 304 g/mol. The van der Waals surface area contributed by atoms with Gasteiger partial charge in [-0.1, -0.05) is 12.1 Å². The van der Waals surface area contributed by atoms with Crippen LogP contribution in [0.4, 0.5) is 4.39 Å². The highest BCUT2D eigenvalue weighted by molar-refractivity contribution is 7.99. The molecule has 1 aliphatic heterocycles. The zero-order chi connectivity index (χ0) is 14.5. The Hall–Kier alpha value is -1.59. The van der Waals surface area contributed by atoms with Crippen molar-refractivity contribution in [3.8, 4) is 11.6 Å². The average Bonchev–Trinajstić information content (AvgIpc) is 3.01. The molecule has 2 aromatic rings. The third-order valence-electron chi connectivity index (χ3n) is 3.37. The van der Waals surface area contributed by atoms with E-state index < -0.39 is 0 Å². The van der Waals surface area contributed by atoms with Crippen molar-refractivity contribution >= 4 is 11.8 Å². The Balaban J connectivity index is 1.64. The van der Waals surface area contributed by atoms with E-state index in [1.807, 2.05) is 23.9 Å². The van der Waals surface area contributed by atoms with E-state index in [9.17, 15) is 4.39 Å². The van der Waals surface area contributed by atoms with Crippen LogP contribution in [0.15, 0.2) is 42.6 Å². The summed E-state index contributed by atoms with van der Waals surface area (Å²) in [4.78, 5) is 4.13. The minimum Gasteiger partial charge on any atom is -0.436 e. The van der Waals surface area contributed by atoms with Crippen LogP contribution in [-0.2, 0) is 6.54 Å². The van der Waals surface area contributed by atoms with E-state index in [1.54, 1.807) is 24.4 Å². The van der Waals surface area contributed by atoms with E-state index in [0.29, 0.717) is 11.9 Å². The Labute approximate surface area is 127 Å². The lowest BCUT2D eigenvalue weighted by molar-refractivity contribution is 0.426. The number of hydrogen-bond acceptors (Lipinski definition) is 4. The number of thioether (sulfide) groups is 1. The summed E-state index contributed by atoms with van der Waals surface area (Å²) in [5.41, 5.74) is 1.09. The summed E-state index contributed by atoms with van der Waals surface area (Å²) in [6.45, 7) is 0.779.